The van der Waals surface area contributed by atoms with Gasteiger partial charge in [-0.15, -0.1) is 0 Å². The first-order chi connectivity index (χ1) is 19.4. The van der Waals surface area contributed by atoms with Gasteiger partial charge in [0.15, 0.2) is 18.7 Å². The average molecular weight is 591 g/mol. The van der Waals surface area contributed by atoms with Crippen LogP contribution < -0.4 is 0 Å². The summed E-state index contributed by atoms with van der Waals surface area (Å²) in [5.41, 5.74) is -1.66. The van der Waals surface area contributed by atoms with E-state index in [1.54, 1.807) is 6.08 Å². The van der Waals surface area contributed by atoms with Crippen molar-refractivity contribution in [1.29, 1.82) is 0 Å². The normalized spacial score (nSPS) is 38.6. The van der Waals surface area contributed by atoms with Crippen molar-refractivity contribution in [1.82, 2.24) is 0 Å². The summed E-state index contributed by atoms with van der Waals surface area (Å²) >= 11 is 0. The molecule has 2 N–H and O–H groups in total. The van der Waals surface area contributed by atoms with E-state index in [9.17, 15) is 29.4 Å². The third-order valence-electron chi connectivity index (χ3n) is 11.5. The third kappa shape index (κ3) is 5.68. The molecular weight excluding hydrogens is 536 g/mol. The lowest BCUT2D eigenvalue weighted by Gasteiger charge is -2.61. The van der Waals surface area contributed by atoms with Crippen molar-refractivity contribution in [3.8, 4) is 0 Å². The lowest BCUT2D eigenvalue weighted by atomic mass is 9.44. The molecule has 0 spiro atoms. The van der Waals surface area contributed by atoms with Gasteiger partial charge in [-0.05, 0) is 87.0 Å². The van der Waals surface area contributed by atoms with E-state index in [1.165, 1.54) is 0 Å². The summed E-state index contributed by atoms with van der Waals surface area (Å²) in [7, 11) is 0. The van der Waals surface area contributed by atoms with E-state index >= 15 is 0 Å². The van der Waals surface area contributed by atoms with Gasteiger partial charge in [0.1, 0.15) is 11.9 Å². The molecule has 0 aromatic carbocycles. The molecule has 0 aromatic rings. The minimum atomic E-state index is -1.40. The van der Waals surface area contributed by atoms with Crippen molar-refractivity contribution in [2.24, 2.45) is 40.4 Å². The Bertz CT molecular complexity index is 1050. The predicted octanol–water partition coefficient (Wildman–Crippen LogP) is 5.36. The molecule has 3 fully saturated rings. The number of ketones is 2. The maximum absolute atomic E-state index is 14.1. The summed E-state index contributed by atoms with van der Waals surface area (Å²) in [4.78, 5) is 50.7. The fraction of sp³-hybridized carbons (Fsp3) is 0.824. The molecule has 9 unspecified atom stereocenters. The lowest BCUT2D eigenvalue weighted by molar-refractivity contribution is -0.255. The van der Waals surface area contributed by atoms with Crippen LogP contribution in [0.3, 0.4) is 0 Å². The van der Waals surface area contributed by atoms with Gasteiger partial charge >= 0.3 is 5.97 Å². The fourth-order valence-electron chi connectivity index (χ4n) is 9.40. The minimum Gasteiger partial charge on any atom is -0.458 e. The molecule has 4 aliphatic rings. The third-order valence-corrected chi connectivity index (χ3v) is 11.5. The van der Waals surface area contributed by atoms with Crippen molar-refractivity contribution < 1.29 is 38.9 Å². The van der Waals surface area contributed by atoms with Crippen LogP contribution in [0.4, 0.5) is 0 Å². The van der Waals surface area contributed by atoms with Crippen LogP contribution in [0.2, 0.25) is 0 Å². The molecular formula is C34H54O8. The van der Waals surface area contributed by atoms with Crippen molar-refractivity contribution in [2.45, 2.75) is 131 Å². The summed E-state index contributed by atoms with van der Waals surface area (Å²) in [6.07, 6.45) is 6.81. The molecule has 0 aliphatic heterocycles. The Morgan fingerprint density at radius 1 is 1.14 bits per heavy atom. The van der Waals surface area contributed by atoms with Gasteiger partial charge in [-0.25, -0.2) is 0 Å². The van der Waals surface area contributed by atoms with E-state index in [4.69, 9.17) is 9.47 Å². The number of hydrogen-bond acceptors (Lipinski definition) is 8. The molecule has 10 atom stereocenters. The molecule has 0 amide bonds. The van der Waals surface area contributed by atoms with Crippen LogP contribution in [-0.4, -0.2) is 58.6 Å². The Labute approximate surface area is 252 Å². The van der Waals surface area contributed by atoms with E-state index in [0.717, 1.165) is 31.1 Å². The van der Waals surface area contributed by atoms with Gasteiger partial charge in [-0.2, -0.15) is 0 Å². The Kier molecular flexibility index (Phi) is 11.0. The number of aliphatic hydroxyl groups is 2. The smallest absolute Gasteiger partial charge is 0.306 e. The lowest BCUT2D eigenvalue weighted by Crippen LogP contribution is -2.64. The number of hydrogen-bond donors (Lipinski definition) is 2. The van der Waals surface area contributed by atoms with Crippen molar-refractivity contribution in [3.05, 3.63) is 11.6 Å². The second-order valence-electron chi connectivity index (χ2n) is 13.6. The highest BCUT2D eigenvalue weighted by atomic mass is 16.6. The molecule has 0 aromatic heterocycles. The minimum absolute atomic E-state index is 0. The predicted molar refractivity (Wildman–Crippen MR) is 159 cm³/mol. The fourth-order valence-corrected chi connectivity index (χ4v) is 9.40. The molecule has 4 rings (SSSR count). The number of carbonyl (C=O) groups is 4. The Morgan fingerprint density at radius 2 is 1.86 bits per heavy atom. The molecule has 8 heteroatoms. The van der Waals surface area contributed by atoms with Gasteiger partial charge in [0.05, 0.1) is 12.0 Å². The first-order valence-electron chi connectivity index (χ1n) is 15.8. The number of ether oxygens (including phenoxy) is 2. The average Bonchev–Trinajstić information content (AvgIpc) is 3.22. The van der Waals surface area contributed by atoms with Crippen LogP contribution >= 0.6 is 0 Å². The van der Waals surface area contributed by atoms with E-state index < -0.39 is 47.3 Å². The number of Topliss-reactive ketones (excluding diaryl/α,β-unsaturated/α-hetero) is 1. The summed E-state index contributed by atoms with van der Waals surface area (Å²) in [6.45, 7) is 9.59. The highest BCUT2D eigenvalue weighted by Crippen LogP contribution is 2.68. The van der Waals surface area contributed by atoms with Gasteiger partial charge in [-0.3, -0.25) is 14.4 Å². The zero-order valence-corrected chi connectivity index (χ0v) is 25.5. The van der Waals surface area contributed by atoms with Crippen LogP contribution in [0, 0.1) is 40.4 Å². The number of aldehydes is 1. The molecule has 0 radical (unpaired) electrons. The monoisotopic (exact) mass is 590 g/mol. The first kappa shape index (κ1) is 34.6. The standard InChI is InChI=1S/C33H50O8.CH4/c1-6-9-20(8-3)30(39)41-33(27(37)19-40-28(38)10-7-2)14-13-24-23-12-11-22-15-25(35)21(18-34)16-31(22,4)29(23)26(36)17-32(24,33)5;/h15,18,20-21,23-24,26,29-30,36,39H,6-14,16-17,19H2,1-5H3;1H4/t20?,21?,23?,24?,26?,29?,30?,31?,32?,33-;/m0./s1. The number of esters is 1. The van der Waals surface area contributed by atoms with Crippen LogP contribution in [-0.2, 0) is 28.7 Å². The first-order valence-corrected chi connectivity index (χ1v) is 15.8. The summed E-state index contributed by atoms with van der Waals surface area (Å²) < 4.78 is 11.9. The van der Waals surface area contributed by atoms with Crippen molar-refractivity contribution in [3.63, 3.8) is 0 Å². The maximum atomic E-state index is 14.1. The Balaban J connectivity index is 0.00000484. The number of aliphatic hydroxyl groups excluding tert-OH is 2. The molecule has 8 nitrogen and oxygen atoms in total. The van der Waals surface area contributed by atoms with Gasteiger partial charge in [-0.1, -0.05) is 54.0 Å². The number of fused-ring (bicyclic) bond motifs is 5. The van der Waals surface area contributed by atoms with Gasteiger partial charge in [0.2, 0.25) is 5.78 Å². The second-order valence-corrected chi connectivity index (χ2v) is 13.6. The molecule has 0 heterocycles. The number of carbonyl (C=O) groups excluding carboxylic acids is 4. The van der Waals surface area contributed by atoms with Crippen molar-refractivity contribution >= 4 is 23.8 Å². The van der Waals surface area contributed by atoms with Gasteiger partial charge < -0.3 is 24.5 Å². The van der Waals surface area contributed by atoms with E-state index in [-0.39, 0.29) is 55.5 Å². The molecule has 0 saturated heterocycles. The van der Waals surface area contributed by atoms with Crippen molar-refractivity contribution in [2.75, 3.05) is 6.61 Å². The Morgan fingerprint density at radius 3 is 2.48 bits per heavy atom. The van der Waals surface area contributed by atoms with Crippen LogP contribution in [0.25, 0.3) is 0 Å². The quantitative estimate of drug-likeness (QED) is 0.135. The highest BCUT2D eigenvalue weighted by Gasteiger charge is 2.70. The summed E-state index contributed by atoms with van der Waals surface area (Å²) in [6, 6.07) is 0. The second kappa shape index (κ2) is 13.4. The van der Waals surface area contributed by atoms with E-state index in [1.807, 2.05) is 27.7 Å². The zero-order chi connectivity index (χ0) is 30.2. The summed E-state index contributed by atoms with van der Waals surface area (Å²) in [5, 5.41) is 23.2. The molecule has 238 valence electrons. The molecule has 0 bridgehead atoms. The van der Waals surface area contributed by atoms with Crippen LogP contribution in [0.15, 0.2) is 11.6 Å². The maximum Gasteiger partial charge on any atom is 0.306 e. The van der Waals surface area contributed by atoms with E-state index in [2.05, 4.69) is 6.92 Å². The zero-order valence-electron chi connectivity index (χ0n) is 25.5. The van der Waals surface area contributed by atoms with Crippen LogP contribution in [0.1, 0.15) is 113 Å². The SMILES string of the molecule is C.CCCC(=O)OCC(=O)[C@@]1(OC(O)C(CC)CCC)CCC2C3CCC4=CC(=O)C(C=O)CC4(C)C3C(O)CC21C. The summed E-state index contributed by atoms with van der Waals surface area (Å²) in [5.74, 6) is -1.85. The highest BCUT2D eigenvalue weighted by molar-refractivity contribution is 6.02. The largest absolute Gasteiger partial charge is 0.458 e. The van der Waals surface area contributed by atoms with Gasteiger partial charge in [0, 0.05) is 17.8 Å². The molecule has 3 saturated carbocycles. The number of allylic oxidation sites excluding steroid dienone is 1. The number of rotatable bonds is 12. The molecule has 4 aliphatic carbocycles. The van der Waals surface area contributed by atoms with Gasteiger partial charge in [0.25, 0.3) is 0 Å². The van der Waals surface area contributed by atoms with E-state index in [0.29, 0.717) is 38.5 Å². The molecule has 42 heavy (non-hydrogen) atoms. The topological polar surface area (TPSA) is 127 Å². The van der Waals surface area contributed by atoms with Crippen LogP contribution in [0.5, 0.6) is 0 Å². The Hall–Kier alpha value is -1.90.